The van der Waals surface area contributed by atoms with Crippen LogP contribution in [0.3, 0.4) is 0 Å². The van der Waals surface area contributed by atoms with Gasteiger partial charge in [0.15, 0.2) is 0 Å². The highest BCUT2D eigenvalue weighted by molar-refractivity contribution is 5.37. The van der Waals surface area contributed by atoms with Crippen molar-refractivity contribution >= 4 is 5.82 Å². The number of hydrogen-bond donors (Lipinski definition) is 1. The number of piperazine rings is 1. The number of hydrogen-bond acceptors (Lipinski definition) is 5. The van der Waals surface area contributed by atoms with E-state index in [0.29, 0.717) is 11.9 Å². The van der Waals surface area contributed by atoms with Gasteiger partial charge in [0, 0.05) is 25.7 Å². The van der Waals surface area contributed by atoms with Gasteiger partial charge in [0.1, 0.15) is 5.82 Å². The molecule has 0 spiro atoms. The quantitative estimate of drug-likeness (QED) is 0.867. The van der Waals surface area contributed by atoms with E-state index in [1.165, 1.54) is 6.20 Å². The van der Waals surface area contributed by atoms with Crippen molar-refractivity contribution in [1.29, 1.82) is 0 Å². The molecule has 1 aliphatic rings. The summed E-state index contributed by atoms with van der Waals surface area (Å²) in [4.78, 5) is 9.49. The maximum atomic E-state index is 11.9. The molecule has 0 unspecified atom stereocenters. The molecule has 1 aliphatic heterocycles. The lowest BCUT2D eigenvalue weighted by Crippen LogP contribution is -2.49. The normalized spacial score (nSPS) is 20.9. The molecule has 1 N–H and O–H groups in total. The van der Waals surface area contributed by atoms with Crippen LogP contribution in [-0.2, 0) is 0 Å². The van der Waals surface area contributed by atoms with Crippen LogP contribution in [0.15, 0.2) is 12.4 Å². The van der Waals surface area contributed by atoms with Crippen LogP contribution in [0.25, 0.3) is 0 Å². The van der Waals surface area contributed by atoms with Gasteiger partial charge >= 0.3 is 6.36 Å². The maximum absolute atomic E-state index is 11.9. The molecule has 0 saturated carbocycles. The Morgan fingerprint density at radius 3 is 2.72 bits per heavy atom. The second-order valence-electron chi connectivity index (χ2n) is 4.06. The molecule has 0 bridgehead atoms. The summed E-state index contributed by atoms with van der Waals surface area (Å²) < 4.78 is 39.5. The first kappa shape index (κ1) is 12.9. The van der Waals surface area contributed by atoms with Crippen LogP contribution in [0.2, 0.25) is 0 Å². The summed E-state index contributed by atoms with van der Waals surface area (Å²) in [7, 11) is 0. The van der Waals surface area contributed by atoms with Crippen molar-refractivity contribution < 1.29 is 17.9 Å². The van der Waals surface area contributed by atoms with E-state index >= 15 is 0 Å². The van der Waals surface area contributed by atoms with E-state index in [0.717, 1.165) is 25.8 Å². The third-order valence-electron chi connectivity index (χ3n) is 2.53. The fourth-order valence-corrected chi connectivity index (χ4v) is 1.78. The molecule has 2 heterocycles. The molecule has 5 nitrogen and oxygen atoms in total. The number of halogens is 3. The summed E-state index contributed by atoms with van der Waals surface area (Å²) in [5.74, 6) is 0.00677. The minimum atomic E-state index is -4.74. The Kier molecular flexibility index (Phi) is 3.55. The van der Waals surface area contributed by atoms with Gasteiger partial charge in [-0.3, -0.25) is 0 Å². The van der Waals surface area contributed by atoms with Crippen LogP contribution in [0.5, 0.6) is 5.88 Å². The molecule has 0 radical (unpaired) electrons. The summed E-state index contributed by atoms with van der Waals surface area (Å²) in [6.07, 6.45) is -2.46. The van der Waals surface area contributed by atoms with Crippen LogP contribution < -0.4 is 15.0 Å². The van der Waals surface area contributed by atoms with E-state index < -0.39 is 12.2 Å². The molecule has 1 aromatic heterocycles. The van der Waals surface area contributed by atoms with Crippen molar-refractivity contribution in [2.45, 2.75) is 19.3 Å². The lowest BCUT2D eigenvalue weighted by molar-refractivity contribution is -0.276. The third-order valence-corrected chi connectivity index (χ3v) is 2.53. The zero-order valence-corrected chi connectivity index (χ0v) is 9.74. The highest BCUT2D eigenvalue weighted by Gasteiger charge is 2.32. The second kappa shape index (κ2) is 4.97. The lowest BCUT2D eigenvalue weighted by Gasteiger charge is -2.32. The molecule has 100 valence electrons. The maximum Gasteiger partial charge on any atom is 0.574 e. The summed E-state index contributed by atoms with van der Waals surface area (Å²) >= 11 is 0. The van der Waals surface area contributed by atoms with Crippen molar-refractivity contribution in [3.63, 3.8) is 0 Å². The fourth-order valence-electron chi connectivity index (χ4n) is 1.78. The molecular formula is C10H13F3N4O. The molecule has 18 heavy (non-hydrogen) atoms. The Hall–Kier alpha value is -1.57. The molecule has 2 rings (SSSR count). The van der Waals surface area contributed by atoms with Crippen LogP contribution in [0, 0.1) is 0 Å². The van der Waals surface area contributed by atoms with Crippen molar-refractivity contribution in [3.8, 4) is 5.88 Å². The van der Waals surface area contributed by atoms with E-state index in [4.69, 9.17) is 0 Å². The lowest BCUT2D eigenvalue weighted by atomic mass is 10.2. The Balaban J connectivity index is 2.03. The molecule has 1 aromatic rings. The SMILES string of the molecule is C[C@H]1CN(c2cnc(OC(F)(F)F)cn2)CCN1. The number of alkyl halides is 3. The molecule has 8 heteroatoms. The summed E-state index contributed by atoms with van der Waals surface area (Å²) in [5, 5.41) is 3.26. The zero-order chi connectivity index (χ0) is 13.2. The van der Waals surface area contributed by atoms with Gasteiger partial charge in [0.25, 0.3) is 0 Å². The van der Waals surface area contributed by atoms with Gasteiger partial charge in [-0.05, 0) is 6.92 Å². The highest BCUT2D eigenvalue weighted by atomic mass is 19.4. The number of nitrogens with zero attached hydrogens (tertiary/aromatic N) is 3. The van der Waals surface area contributed by atoms with Crippen LogP contribution in [-0.4, -0.2) is 42.0 Å². The first-order valence-corrected chi connectivity index (χ1v) is 5.50. The van der Waals surface area contributed by atoms with Gasteiger partial charge in [-0.2, -0.15) is 0 Å². The average Bonchev–Trinajstić information content (AvgIpc) is 2.28. The standard InChI is InChI=1S/C10H13F3N4O/c1-7-6-17(3-2-14-7)8-4-16-9(5-15-8)18-10(11,12)13/h4-5,7,14H,2-3,6H2,1H3/t7-/m0/s1. The van der Waals surface area contributed by atoms with E-state index in [1.807, 2.05) is 11.8 Å². The summed E-state index contributed by atoms with van der Waals surface area (Å²) in [5.41, 5.74) is 0. The third kappa shape index (κ3) is 3.46. The zero-order valence-electron chi connectivity index (χ0n) is 9.74. The average molecular weight is 262 g/mol. The van der Waals surface area contributed by atoms with Crippen LogP contribution in [0.1, 0.15) is 6.92 Å². The van der Waals surface area contributed by atoms with Crippen molar-refractivity contribution in [2.24, 2.45) is 0 Å². The number of aromatic nitrogens is 2. The molecule has 0 amide bonds. The van der Waals surface area contributed by atoms with Crippen molar-refractivity contribution in [2.75, 3.05) is 24.5 Å². The van der Waals surface area contributed by atoms with E-state index in [-0.39, 0.29) is 0 Å². The molecule has 1 fully saturated rings. The van der Waals surface area contributed by atoms with Gasteiger partial charge in [-0.15, -0.1) is 13.2 Å². The van der Waals surface area contributed by atoms with Crippen molar-refractivity contribution in [1.82, 2.24) is 15.3 Å². The van der Waals surface area contributed by atoms with Crippen LogP contribution >= 0.6 is 0 Å². The first-order valence-electron chi connectivity index (χ1n) is 5.50. The number of nitrogens with one attached hydrogen (secondary N) is 1. The molecule has 0 aromatic carbocycles. The Labute approximate surface area is 102 Å². The minimum Gasteiger partial charge on any atom is -0.386 e. The van der Waals surface area contributed by atoms with Gasteiger partial charge in [0.2, 0.25) is 5.88 Å². The Bertz CT molecular complexity index is 395. The predicted octanol–water partition coefficient (Wildman–Crippen LogP) is 1.17. The molecule has 0 aliphatic carbocycles. The van der Waals surface area contributed by atoms with E-state index in [9.17, 15) is 13.2 Å². The number of anilines is 1. The Morgan fingerprint density at radius 2 is 2.17 bits per heavy atom. The summed E-state index contributed by atoms with van der Waals surface area (Å²) in [6.45, 7) is 4.33. The second-order valence-corrected chi connectivity index (χ2v) is 4.06. The smallest absolute Gasteiger partial charge is 0.386 e. The largest absolute Gasteiger partial charge is 0.574 e. The fraction of sp³-hybridized carbons (Fsp3) is 0.600. The summed E-state index contributed by atoms with van der Waals surface area (Å²) in [6, 6.07) is 0.312. The number of rotatable bonds is 2. The monoisotopic (exact) mass is 262 g/mol. The number of ether oxygens (including phenoxy) is 1. The van der Waals surface area contributed by atoms with Crippen LogP contribution in [0.4, 0.5) is 19.0 Å². The van der Waals surface area contributed by atoms with Gasteiger partial charge in [0.05, 0.1) is 12.4 Å². The molecule has 1 atom stereocenters. The topological polar surface area (TPSA) is 50.3 Å². The molecular weight excluding hydrogens is 249 g/mol. The highest BCUT2D eigenvalue weighted by Crippen LogP contribution is 2.21. The first-order chi connectivity index (χ1) is 8.44. The van der Waals surface area contributed by atoms with Gasteiger partial charge < -0.3 is 15.0 Å². The van der Waals surface area contributed by atoms with Crippen molar-refractivity contribution in [3.05, 3.63) is 12.4 Å². The van der Waals surface area contributed by atoms with Gasteiger partial charge in [-0.25, -0.2) is 9.97 Å². The van der Waals surface area contributed by atoms with Gasteiger partial charge in [-0.1, -0.05) is 0 Å². The molecule has 1 saturated heterocycles. The minimum absolute atomic E-state index is 0.312. The van der Waals surface area contributed by atoms with E-state index in [1.54, 1.807) is 0 Å². The Morgan fingerprint density at radius 1 is 1.39 bits per heavy atom. The predicted molar refractivity (Wildman–Crippen MR) is 58.4 cm³/mol. The van der Waals surface area contributed by atoms with E-state index in [2.05, 4.69) is 20.0 Å².